The van der Waals surface area contributed by atoms with Gasteiger partial charge in [-0.2, -0.15) is 0 Å². The molecular formula is C17H23N3O3. The lowest BCUT2D eigenvalue weighted by molar-refractivity contribution is -0.118. The molecule has 2 amide bonds. The summed E-state index contributed by atoms with van der Waals surface area (Å²) >= 11 is 0. The van der Waals surface area contributed by atoms with Crippen molar-refractivity contribution in [2.75, 3.05) is 44.1 Å². The molecule has 0 bridgehead atoms. The van der Waals surface area contributed by atoms with Gasteiger partial charge in [-0.15, -0.1) is 0 Å². The highest BCUT2D eigenvalue weighted by molar-refractivity contribution is 6.05. The largest absolute Gasteiger partial charge is 0.383 e. The predicted octanol–water partition coefficient (Wildman–Crippen LogP) is 1.72. The molecule has 0 aliphatic carbocycles. The van der Waals surface area contributed by atoms with Crippen molar-refractivity contribution < 1.29 is 14.3 Å². The third-order valence-corrected chi connectivity index (χ3v) is 4.59. The molecular weight excluding hydrogens is 294 g/mol. The Morgan fingerprint density at radius 1 is 1.43 bits per heavy atom. The number of methoxy groups -OCH3 is 1. The van der Waals surface area contributed by atoms with Crippen molar-refractivity contribution in [3.63, 3.8) is 0 Å². The summed E-state index contributed by atoms with van der Waals surface area (Å²) in [7, 11) is 3.36. The molecule has 1 aromatic carbocycles. The van der Waals surface area contributed by atoms with Crippen molar-refractivity contribution in [3.8, 4) is 0 Å². The van der Waals surface area contributed by atoms with Crippen molar-refractivity contribution in [2.24, 2.45) is 0 Å². The highest BCUT2D eigenvalue weighted by atomic mass is 16.5. The van der Waals surface area contributed by atoms with Gasteiger partial charge in [0, 0.05) is 32.8 Å². The van der Waals surface area contributed by atoms with Gasteiger partial charge < -0.3 is 19.9 Å². The fraction of sp³-hybridized carbons (Fsp3) is 0.529. The van der Waals surface area contributed by atoms with Crippen LogP contribution in [0.5, 0.6) is 0 Å². The molecule has 1 fully saturated rings. The summed E-state index contributed by atoms with van der Waals surface area (Å²) in [5.41, 5.74) is 2.34. The third-order valence-electron chi connectivity index (χ3n) is 4.59. The molecule has 124 valence electrons. The minimum atomic E-state index is -0.0696. The summed E-state index contributed by atoms with van der Waals surface area (Å²) in [6.07, 6.45) is 3.08. The van der Waals surface area contributed by atoms with E-state index in [0.29, 0.717) is 18.7 Å². The van der Waals surface area contributed by atoms with Crippen LogP contribution >= 0.6 is 0 Å². The van der Waals surface area contributed by atoms with Crippen molar-refractivity contribution in [3.05, 3.63) is 23.8 Å². The van der Waals surface area contributed by atoms with Crippen LogP contribution in [-0.4, -0.2) is 56.6 Å². The SMILES string of the molecule is COCCN(C)C(=O)c1ccc2c(c1)NC(=O)C1CCCCN21. The van der Waals surface area contributed by atoms with Crippen LogP contribution in [0.15, 0.2) is 18.2 Å². The molecule has 1 N–H and O–H groups in total. The van der Waals surface area contributed by atoms with Crippen LogP contribution in [0.2, 0.25) is 0 Å². The van der Waals surface area contributed by atoms with Crippen LogP contribution in [0, 0.1) is 0 Å². The maximum Gasteiger partial charge on any atom is 0.253 e. The van der Waals surface area contributed by atoms with E-state index in [1.54, 1.807) is 25.1 Å². The van der Waals surface area contributed by atoms with E-state index in [2.05, 4.69) is 10.2 Å². The standard InChI is InChI=1S/C17H23N3O3/c1-19(9-10-23-2)17(22)12-6-7-14-13(11-12)18-16(21)15-5-3-4-8-20(14)15/h6-7,11,15H,3-5,8-10H2,1-2H3,(H,18,21). The number of ether oxygens (including phenoxy) is 1. The van der Waals surface area contributed by atoms with Crippen molar-refractivity contribution >= 4 is 23.2 Å². The van der Waals surface area contributed by atoms with Gasteiger partial charge in [0.1, 0.15) is 6.04 Å². The summed E-state index contributed by atoms with van der Waals surface area (Å²) in [5.74, 6) is -0.0330. The van der Waals surface area contributed by atoms with Crippen LogP contribution in [0.3, 0.4) is 0 Å². The Morgan fingerprint density at radius 2 is 2.26 bits per heavy atom. The summed E-state index contributed by atoms with van der Waals surface area (Å²) in [4.78, 5) is 28.5. The Morgan fingerprint density at radius 3 is 3.04 bits per heavy atom. The Labute approximate surface area is 136 Å². The van der Waals surface area contributed by atoms with E-state index in [1.807, 2.05) is 12.1 Å². The summed E-state index contributed by atoms with van der Waals surface area (Å²) in [5, 5.41) is 2.96. The monoisotopic (exact) mass is 317 g/mol. The Hall–Kier alpha value is -2.08. The molecule has 1 atom stereocenters. The number of fused-ring (bicyclic) bond motifs is 3. The first-order valence-electron chi connectivity index (χ1n) is 8.08. The maximum atomic E-state index is 12.4. The Balaban J connectivity index is 1.84. The third kappa shape index (κ3) is 3.03. The molecule has 2 heterocycles. The second-order valence-electron chi connectivity index (χ2n) is 6.15. The van der Waals surface area contributed by atoms with Gasteiger partial charge >= 0.3 is 0 Å². The highest BCUT2D eigenvalue weighted by Crippen LogP contribution is 2.36. The van der Waals surface area contributed by atoms with Crippen molar-refractivity contribution in [2.45, 2.75) is 25.3 Å². The fourth-order valence-electron chi connectivity index (χ4n) is 3.28. The van der Waals surface area contributed by atoms with Crippen LogP contribution in [0.1, 0.15) is 29.6 Å². The Kier molecular flexibility index (Phi) is 4.52. The van der Waals surface area contributed by atoms with Gasteiger partial charge in [-0.3, -0.25) is 9.59 Å². The highest BCUT2D eigenvalue weighted by Gasteiger charge is 2.34. The molecule has 0 saturated carbocycles. The molecule has 6 nitrogen and oxygen atoms in total. The van der Waals surface area contributed by atoms with Crippen LogP contribution in [0.4, 0.5) is 11.4 Å². The van der Waals surface area contributed by atoms with Gasteiger partial charge in [0.2, 0.25) is 5.91 Å². The summed E-state index contributed by atoms with van der Waals surface area (Å²) < 4.78 is 5.00. The molecule has 23 heavy (non-hydrogen) atoms. The fourth-order valence-corrected chi connectivity index (χ4v) is 3.28. The first-order valence-corrected chi connectivity index (χ1v) is 8.08. The number of amides is 2. The number of benzene rings is 1. The maximum absolute atomic E-state index is 12.4. The first kappa shape index (κ1) is 15.8. The van der Waals surface area contributed by atoms with E-state index in [0.717, 1.165) is 37.2 Å². The second-order valence-corrected chi connectivity index (χ2v) is 6.15. The minimum absolute atomic E-state index is 0.0366. The molecule has 1 aromatic rings. The zero-order valence-corrected chi connectivity index (χ0v) is 13.7. The Bertz CT molecular complexity index is 617. The molecule has 1 saturated heterocycles. The number of carbonyl (C=O) groups is 2. The second kappa shape index (κ2) is 6.58. The zero-order valence-electron chi connectivity index (χ0n) is 13.7. The molecule has 0 aromatic heterocycles. The number of hydrogen-bond acceptors (Lipinski definition) is 4. The smallest absolute Gasteiger partial charge is 0.253 e. The molecule has 0 radical (unpaired) electrons. The van der Waals surface area contributed by atoms with E-state index in [1.165, 1.54) is 0 Å². The number of nitrogens with one attached hydrogen (secondary N) is 1. The number of rotatable bonds is 4. The van der Waals surface area contributed by atoms with Crippen LogP contribution in [0.25, 0.3) is 0 Å². The number of carbonyl (C=O) groups excluding carboxylic acids is 2. The normalized spacial score (nSPS) is 19.7. The van der Waals surface area contributed by atoms with E-state index in [-0.39, 0.29) is 17.9 Å². The van der Waals surface area contributed by atoms with E-state index < -0.39 is 0 Å². The van der Waals surface area contributed by atoms with Crippen molar-refractivity contribution in [1.29, 1.82) is 0 Å². The average Bonchev–Trinajstić information content (AvgIpc) is 2.58. The summed E-state index contributed by atoms with van der Waals surface area (Å²) in [6, 6.07) is 5.50. The molecule has 2 aliphatic rings. The summed E-state index contributed by atoms with van der Waals surface area (Å²) in [6.45, 7) is 1.93. The minimum Gasteiger partial charge on any atom is -0.383 e. The van der Waals surface area contributed by atoms with Gasteiger partial charge in [-0.05, 0) is 37.5 Å². The first-order chi connectivity index (χ1) is 11.1. The quantitative estimate of drug-likeness (QED) is 0.918. The van der Waals surface area contributed by atoms with E-state index >= 15 is 0 Å². The topological polar surface area (TPSA) is 61.9 Å². The van der Waals surface area contributed by atoms with Gasteiger partial charge in [0.05, 0.1) is 18.0 Å². The lowest BCUT2D eigenvalue weighted by Gasteiger charge is -2.41. The lowest BCUT2D eigenvalue weighted by atomic mass is 9.96. The number of nitrogens with zero attached hydrogens (tertiary/aromatic N) is 2. The van der Waals surface area contributed by atoms with Crippen LogP contribution < -0.4 is 10.2 Å². The number of likely N-dealkylation sites (N-methyl/N-ethyl adjacent to an activating group) is 1. The average molecular weight is 317 g/mol. The van der Waals surface area contributed by atoms with Gasteiger partial charge in [0.25, 0.3) is 5.91 Å². The molecule has 0 spiro atoms. The zero-order chi connectivity index (χ0) is 16.4. The van der Waals surface area contributed by atoms with Gasteiger partial charge in [-0.25, -0.2) is 0 Å². The molecule has 6 heteroatoms. The number of hydrogen-bond donors (Lipinski definition) is 1. The van der Waals surface area contributed by atoms with E-state index in [9.17, 15) is 9.59 Å². The molecule has 3 rings (SSSR count). The predicted molar refractivity (Wildman–Crippen MR) is 88.9 cm³/mol. The van der Waals surface area contributed by atoms with Gasteiger partial charge in [-0.1, -0.05) is 0 Å². The van der Waals surface area contributed by atoms with Crippen LogP contribution in [-0.2, 0) is 9.53 Å². The number of anilines is 2. The lowest BCUT2D eigenvalue weighted by Crippen LogP contribution is -2.50. The molecule has 2 aliphatic heterocycles. The number of piperidine rings is 1. The molecule has 1 unspecified atom stereocenters. The van der Waals surface area contributed by atoms with Gasteiger partial charge in [0.15, 0.2) is 0 Å². The van der Waals surface area contributed by atoms with E-state index in [4.69, 9.17) is 4.74 Å². The van der Waals surface area contributed by atoms with Crippen molar-refractivity contribution in [1.82, 2.24) is 4.90 Å².